The van der Waals surface area contributed by atoms with Crippen LogP contribution < -0.4 is 5.32 Å². The minimum atomic E-state index is -2.77. The Hall–Kier alpha value is -0.130. The molecule has 1 heterocycles. The topological polar surface area (TPSA) is 49.4 Å². The van der Waals surface area contributed by atoms with Gasteiger partial charge in [-0.25, -0.2) is 8.42 Å². The molecule has 1 saturated heterocycles. The van der Waals surface area contributed by atoms with E-state index in [1.807, 2.05) is 0 Å². The van der Waals surface area contributed by atoms with E-state index < -0.39 is 9.84 Å². The molecule has 0 amide bonds. The SMILES string of the molecule is CCNCC(C)N1CCCS(=O)(=O)CC1. The minimum Gasteiger partial charge on any atom is -0.315 e. The van der Waals surface area contributed by atoms with Gasteiger partial charge in [0.05, 0.1) is 11.5 Å². The summed E-state index contributed by atoms with van der Waals surface area (Å²) in [5.74, 6) is 0.681. The van der Waals surface area contributed by atoms with Crippen molar-refractivity contribution in [2.45, 2.75) is 26.3 Å². The van der Waals surface area contributed by atoms with Gasteiger partial charge in [-0.3, -0.25) is 4.90 Å². The van der Waals surface area contributed by atoms with Crippen molar-refractivity contribution in [3.8, 4) is 0 Å². The van der Waals surface area contributed by atoms with E-state index in [4.69, 9.17) is 0 Å². The van der Waals surface area contributed by atoms with Gasteiger partial charge in [0.25, 0.3) is 0 Å². The van der Waals surface area contributed by atoms with Crippen LogP contribution in [0.2, 0.25) is 0 Å². The Morgan fingerprint density at radius 3 is 2.73 bits per heavy atom. The number of nitrogens with zero attached hydrogens (tertiary/aromatic N) is 1. The highest BCUT2D eigenvalue weighted by Crippen LogP contribution is 2.08. The largest absolute Gasteiger partial charge is 0.315 e. The highest BCUT2D eigenvalue weighted by atomic mass is 32.2. The summed E-state index contributed by atoms with van der Waals surface area (Å²) in [6.45, 7) is 7.74. The second kappa shape index (κ2) is 5.82. The number of nitrogens with one attached hydrogen (secondary N) is 1. The Morgan fingerprint density at radius 2 is 2.07 bits per heavy atom. The Labute approximate surface area is 93.0 Å². The molecule has 1 aliphatic heterocycles. The summed E-state index contributed by atoms with van der Waals surface area (Å²) in [5, 5.41) is 3.30. The van der Waals surface area contributed by atoms with Gasteiger partial charge in [0.1, 0.15) is 0 Å². The Balaban J connectivity index is 2.43. The van der Waals surface area contributed by atoms with Crippen LogP contribution in [-0.4, -0.2) is 57.0 Å². The summed E-state index contributed by atoms with van der Waals surface area (Å²) in [5.41, 5.74) is 0. The van der Waals surface area contributed by atoms with Crippen LogP contribution in [0.5, 0.6) is 0 Å². The average Bonchev–Trinajstić information content (AvgIpc) is 2.36. The van der Waals surface area contributed by atoms with Gasteiger partial charge in [0, 0.05) is 19.1 Å². The lowest BCUT2D eigenvalue weighted by atomic mass is 10.2. The zero-order chi connectivity index (χ0) is 11.3. The molecule has 5 heteroatoms. The molecule has 0 bridgehead atoms. The van der Waals surface area contributed by atoms with Crippen LogP contribution in [0.25, 0.3) is 0 Å². The smallest absolute Gasteiger partial charge is 0.151 e. The molecule has 0 aromatic carbocycles. The lowest BCUT2D eigenvalue weighted by Crippen LogP contribution is -2.41. The van der Waals surface area contributed by atoms with Crippen molar-refractivity contribution in [1.29, 1.82) is 0 Å². The number of hydrogen-bond acceptors (Lipinski definition) is 4. The van der Waals surface area contributed by atoms with E-state index in [0.717, 1.165) is 26.1 Å². The van der Waals surface area contributed by atoms with E-state index in [9.17, 15) is 8.42 Å². The molecule has 1 aliphatic rings. The quantitative estimate of drug-likeness (QED) is 0.750. The molecule has 0 spiro atoms. The van der Waals surface area contributed by atoms with Crippen molar-refractivity contribution in [2.24, 2.45) is 0 Å². The summed E-state index contributed by atoms with van der Waals surface area (Å²) < 4.78 is 22.8. The van der Waals surface area contributed by atoms with Crippen molar-refractivity contribution >= 4 is 9.84 Å². The molecule has 0 aromatic heterocycles. The predicted molar refractivity (Wildman–Crippen MR) is 62.8 cm³/mol. The average molecular weight is 234 g/mol. The number of hydrogen-bond donors (Lipinski definition) is 1. The highest BCUT2D eigenvalue weighted by molar-refractivity contribution is 7.91. The Bertz CT molecular complexity index is 277. The summed E-state index contributed by atoms with van der Waals surface area (Å²) in [4.78, 5) is 2.27. The minimum absolute atomic E-state index is 0.323. The van der Waals surface area contributed by atoms with Gasteiger partial charge in [-0.1, -0.05) is 6.92 Å². The summed E-state index contributed by atoms with van der Waals surface area (Å²) in [6.07, 6.45) is 0.777. The van der Waals surface area contributed by atoms with Gasteiger partial charge in [0.2, 0.25) is 0 Å². The fraction of sp³-hybridized carbons (Fsp3) is 1.00. The van der Waals surface area contributed by atoms with E-state index in [-0.39, 0.29) is 0 Å². The molecule has 0 aromatic rings. The molecule has 90 valence electrons. The first-order chi connectivity index (χ1) is 7.05. The summed E-state index contributed by atoms with van der Waals surface area (Å²) >= 11 is 0. The lowest BCUT2D eigenvalue weighted by molar-refractivity contribution is 0.221. The van der Waals surface area contributed by atoms with Crippen LogP contribution in [-0.2, 0) is 9.84 Å². The second-order valence-electron chi connectivity index (χ2n) is 4.20. The zero-order valence-corrected chi connectivity index (χ0v) is 10.5. The van der Waals surface area contributed by atoms with Gasteiger partial charge in [-0.05, 0) is 26.4 Å². The zero-order valence-electron chi connectivity index (χ0n) is 9.70. The summed E-state index contributed by atoms with van der Waals surface area (Å²) in [6, 6.07) is 0.429. The van der Waals surface area contributed by atoms with E-state index in [2.05, 4.69) is 24.1 Å². The van der Waals surface area contributed by atoms with Gasteiger partial charge in [0.15, 0.2) is 9.84 Å². The second-order valence-corrected chi connectivity index (χ2v) is 6.50. The Morgan fingerprint density at radius 1 is 1.33 bits per heavy atom. The molecule has 15 heavy (non-hydrogen) atoms. The molecule has 4 nitrogen and oxygen atoms in total. The van der Waals surface area contributed by atoms with Crippen LogP contribution in [0, 0.1) is 0 Å². The third-order valence-electron chi connectivity index (χ3n) is 2.90. The highest BCUT2D eigenvalue weighted by Gasteiger charge is 2.21. The first kappa shape index (κ1) is 12.9. The number of likely N-dealkylation sites (N-methyl/N-ethyl adjacent to an activating group) is 1. The molecule has 1 N–H and O–H groups in total. The standard InChI is InChI=1S/C10H22N2O2S/c1-3-11-9-10(2)12-5-4-7-15(13,14)8-6-12/h10-11H,3-9H2,1-2H3. The van der Waals surface area contributed by atoms with Crippen molar-refractivity contribution in [2.75, 3.05) is 37.7 Å². The van der Waals surface area contributed by atoms with Crippen LogP contribution in [0.1, 0.15) is 20.3 Å². The molecule has 1 unspecified atom stereocenters. The van der Waals surface area contributed by atoms with Crippen molar-refractivity contribution in [1.82, 2.24) is 10.2 Å². The lowest BCUT2D eigenvalue weighted by Gasteiger charge is -2.27. The van der Waals surface area contributed by atoms with E-state index >= 15 is 0 Å². The molecule has 0 saturated carbocycles. The molecule has 1 atom stereocenters. The van der Waals surface area contributed by atoms with Gasteiger partial charge < -0.3 is 5.32 Å². The molecular weight excluding hydrogens is 212 g/mol. The third kappa shape index (κ3) is 4.49. The van der Waals surface area contributed by atoms with Crippen LogP contribution in [0.3, 0.4) is 0 Å². The Kier molecular flexibility index (Phi) is 5.02. The molecule has 0 aliphatic carbocycles. The maximum atomic E-state index is 11.4. The normalized spacial score (nSPS) is 24.7. The molecule has 1 rings (SSSR count). The van der Waals surface area contributed by atoms with Gasteiger partial charge in [-0.15, -0.1) is 0 Å². The molecular formula is C10H22N2O2S. The van der Waals surface area contributed by atoms with Crippen LogP contribution in [0.15, 0.2) is 0 Å². The van der Waals surface area contributed by atoms with E-state index in [0.29, 0.717) is 24.1 Å². The number of rotatable bonds is 4. The first-order valence-electron chi connectivity index (χ1n) is 5.70. The van der Waals surface area contributed by atoms with Gasteiger partial charge in [-0.2, -0.15) is 0 Å². The van der Waals surface area contributed by atoms with Crippen molar-refractivity contribution in [3.63, 3.8) is 0 Å². The monoisotopic (exact) mass is 234 g/mol. The van der Waals surface area contributed by atoms with Crippen LogP contribution in [0.4, 0.5) is 0 Å². The predicted octanol–water partition coefficient (Wildman–Crippen LogP) is 0.105. The molecule has 1 fully saturated rings. The fourth-order valence-electron chi connectivity index (χ4n) is 1.88. The van der Waals surface area contributed by atoms with Crippen molar-refractivity contribution < 1.29 is 8.42 Å². The van der Waals surface area contributed by atoms with Gasteiger partial charge >= 0.3 is 0 Å². The number of sulfone groups is 1. The van der Waals surface area contributed by atoms with E-state index in [1.54, 1.807) is 0 Å². The van der Waals surface area contributed by atoms with E-state index in [1.165, 1.54) is 0 Å². The third-order valence-corrected chi connectivity index (χ3v) is 4.62. The maximum Gasteiger partial charge on any atom is 0.151 e. The van der Waals surface area contributed by atoms with Crippen LogP contribution >= 0.6 is 0 Å². The van der Waals surface area contributed by atoms with Crippen molar-refractivity contribution in [3.05, 3.63) is 0 Å². The summed E-state index contributed by atoms with van der Waals surface area (Å²) in [7, 11) is -2.77. The maximum absolute atomic E-state index is 11.4. The molecule has 0 radical (unpaired) electrons. The fourth-order valence-corrected chi connectivity index (χ4v) is 3.17. The first-order valence-corrected chi connectivity index (χ1v) is 7.52.